The maximum atomic E-state index is 11.0. The summed E-state index contributed by atoms with van der Waals surface area (Å²) in [5.74, 6) is -0.799. The number of carboxylic acid groups (broad SMARTS) is 1. The molecule has 4 aromatic rings. The van der Waals surface area contributed by atoms with Crippen molar-refractivity contribution < 1.29 is 9.90 Å². The predicted molar refractivity (Wildman–Crippen MR) is 126 cm³/mol. The smallest absolute Gasteiger partial charge is 0.307 e. The van der Waals surface area contributed by atoms with Gasteiger partial charge in [0, 0.05) is 0 Å². The highest BCUT2D eigenvalue weighted by atomic mass is 31.1. The Bertz CT molecular complexity index is 1070. The molecule has 2 nitrogen and oxygen atoms in total. The minimum absolute atomic E-state index is 0.0607. The molecule has 0 radical (unpaired) electrons. The van der Waals surface area contributed by atoms with Crippen LogP contribution in [0.5, 0.6) is 0 Å². The standard InChI is InChI=1S/C27H23O2P/c28-27(29)20-23-9-7-8-22(19-23)18-21-14-16-26(17-15-21)30(24-10-3-1-4-11-24)25-12-5-2-6-13-25/h1-17,19H,18,20H2,(H,28,29). The van der Waals surface area contributed by atoms with Crippen LogP contribution in [-0.4, -0.2) is 11.1 Å². The fourth-order valence-corrected chi connectivity index (χ4v) is 5.91. The largest absolute Gasteiger partial charge is 0.481 e. The van der Waals surface area contributed by atoms with Gasteiger partial charge in [-0.25, -0.2) is 0 Å². The molecule has 3 heteroatoms. The zero-order valence-electron chi connectivity index (χ0n) is 16.6. The molecule has 1 N–H and O–H groups in total. The van der Waals surface area contributed by atoms with Gasteiger partial charge in [0.2, 0.25) is 0 Å². The summed E-state index contributed by atoms with van der Waals surface area (Å²) >= 11 is 0. The van der Waals surface area contributed by atoms with E-state index < -0.39 is 13.9 Å². The average Bonchev–Trinajstić information content (AvgIpc) is 2.77. The highest BCUT2D eigenvalue weighted by molar-refractivity contribution is 7.79. The van der Waals surface area contributed by atoms with Crippen molar-refractivity contribution >= 4 is 29.8 Å². The summed E-state index contributed by atoms with van der Waals surface area (Å²) in [5.41, 5.74) is 3.20. The van der Waals surface area contributed by atoms with Crippen LogP contribution in [-0.2, 0) is 17.6 Å². The first-order valence-corrected chi connectivity index (χ1v) is 11.3. The fourth-order valence-electron chi connectivity index (χ4n) is 3.62. The third kappa shape index (κ3) is 5.03. The van der Waals surface area contributed by atoms with Gasteiger partial charge >= 0.3 is 5.97 Å². The second-order valence-electron chi connectivity index (χ2n) is 7.24. The molecule has 0 amide bonds. The molecule has 0 aliphatic carbocycles. The Morgan fingerprint density at radius 3 is 1.70 bits per heavy atom. The van der Waals surface area contributed by atoms with E-state index >= 15 is 0 Å². The van der Waals surface area contributed by atoms with Crippen molar-refractivity contribution in [1.29, 1.82) is 0 Å². The van der Waals surface area contributed by atoms with Crippen LogP contribution in [0.3, 0.4) is 0 Å². The van der Waals surface area contributed by atoms with Gasteiger partial charge in [-0.05, 0) is 46.9 Å². The van der Waals surface area contributed by atoms with Crippen LogP contribution < -0.4 is 15.9 Å². The third-order valence-electron chi connectivity index (χ3n) is 4.98. The molecule has 4 rings (SSSR count). The van der Waals surface area contributed by atoms with Crippen LogP contribution in [0.2, 0.25) is 0 Å². The molecule has 148 valence electrons. The lowest BCUT2D eigenvalue weighted by Gasteiger charge is -2.19. The van der Waals surface area contributed by atoms with Gasteiger partial charge in [-0.2, -0.15) is 0 Å². The average molecular weight is 410 g/mol. The van der Waals surface area contributed by atoms with Gasteiger partial charge in [0.1, 0.15) is 0 Å². The Morgan fingerprint density at radius 2 is 1.13 bits per heavy atom. The van der Waals surface area contributed by atoms with Crippen LogP contribution in [0.4, 0.5) is 0 Å². The topological polar surface area (TPSA) is 37.3 Å². The van der Waals surface area contributed by atoms with Crippen LogP contribution in [0, 0.1) is 0 Å². The SMILES string of the molecule is O=C(O)Cc1cccc(Cc2ccc(P(c3ccccc3)c3ccccc3)cc2)c1. The highest BCUT2D eigenvalue weighted by Crippen LogP contribution is 2.32. The lowest BCUT2D eigenvalue weighted by atomic mass is 10.0. The maximum Gasteiger partial charge on any atom is 0.307 e. The van der Waals surface area contributed by atoms with E-state index in [4.69, 9.17) is 5.11 Å². The Hall–Kier alpha value is -3.22. The molecule has 0 aliphatic rings. The molecule has 30 heavy (non-hydrogen) atoms. The lowest BCUT2D eigenvalue weighted by Crippen LogP contribution is -2.20. The van der Waals surface area contributed by atoms with Crippen LogP contribution in [0.25, 0.3) is 0 Å². The molecule has 0 aliphatic heterocycles. The van der Waals surface area contributed by atoms with E-state index in [1.165, 1.54) is 21.5 Å². The molecule has 0 fully saturated rings. The molecule has 0 heterocycles. The normalized spacial score (nSPS) is 10.8. The van der Waals surface area contributed by atoms with E-state index in [2.05, 4.69) is 91.0 Å². The summed E-state index contributed by atoms with van der Waals surface area (Å²) in [5, 5.41) is 13.0. The molecule has 0 unspecified atom stereocenters. The summed E-state index contributed by atoms with van der Waals surface area (Å²) < 4.78 is 0. The number of hydrogen-bond acceptors (Lipinski definition) is 1. The van der Waals surface area contributed by atoms with Crippen LogP contribution in [0.1, 0.15) is 16.7 Å². The number of carboxylic acids is 1. The number of aliphatic carboxylic acids is 1. The molecule has 0 spiro atoms. The minimum atomic E-state index is -0.799. The minimum Gasteiger partial charge on any atom is -0.481 e. The monoisotopic (exact) mass is 410 g/mol. The maximum absolute atomic E-state index is 11.0. The van der Waals surface area contributed by atoms with E-state index in [9.17, 15) is 4.79 Å². The number of rotatable bonds is 7. The van der Waals surface area contributed by atoms with Gasteiger partial charge < -0.3 is 5.11 Å². The highest BCUT2D eigenvalue weighted by Gasteiger charge is 2.15. The number of benzene rings is 4. The molecule has 0 atom stereocenters. The third-order valence-corrected chi connectivity index (χ3v) is 7.42. The van der Waals surface area contributed by atoms with Crippen molar-refractivity contribution in [2.75, 3.05) is 0 Å². The van der Waals surface area contributed by atoms with Crippen molar-refractivity contribution in [2.24, 2.45) is 0 Å². The van der Waals surface area contributed by atoms with E-state index in [-0.39, 0.29) is 6.42 Å². The van der Waals surface area contributed by atoms with Crippen molar-refractivity contribution in [2.45, 2.75) is 12.8 Å². The van der Waals surface area contributed by atoms with Crippen molar-refractivity contribution in [3.63, 3.8) is 0 Å². The van der Waals surface area contributed by atoms with Gasteiger partial charge in [-0.3, -0.25) is 4.79 Å². The quantitative estimate of drug-likeness (QED) is 0.450. The van der Waals surface area contributed by atoms with Gasteiger partial charge in [-0.1, -0.05) is 109 Å². The molecule has 4 aromatic carbocycles. The Morgan fingerprint density at radius 1 is 0.600 bits per heavy atom. The molecular formula is C27H23O2P. The molecule has 0 saturated carbocycles. The first-order chi connectivity index (χ1) is 14.7. The summed E-state index contributed by atoms with van der Waals surface area (Å²) in [7, 11) is -0.598. The van der Waals surface area contributed by atoms with E-state index in [1.54, 1.807) is 0 Å². The molecule has 0 aromatic heterocycles. The fraction of sp³-hybridized carbons (Fsp3) is 0.0741. The number of carbonyl (C=O) groups is 1. The van der Waals surface area contributed by atoms with E-state index in [0.717, 1.165) is 17.5 Å². The second kappa shape index (κ2) is 9.52. The Labute approximate surface area is 178 Å². The Kier molecular flexibility index (Phi) is 6.37. The molecular weight excluding hydrogens is 387 g/mol. The summed E-state index contributed by atoms with van der Waals surface area (Å²) in [6.07, 6.45) is 0.855. The summed E-state index contributed by atoms with van der Waals surface area (Å²) in [4.78, 5) is 11.0. The van der Waals surface area contributed by atoms with E-state index in [1.807, 2.05) is 18.2 Å². The Balaban J connectivity index is 1.59. The van der Waals surface area contributed by atoms with Crippen molar-refractivity contribution in [3.8, 4) is 0 Å². The van der Waals surface area contributed by atoms with Crippen molar-refractivity contribution in [3.05, 3.63) is 126 Å². The van der Waals surface area contributed by atoms with Crippen LogP contribution >= 0.6 is 7.92 Å². The van der Waals surface area contributed by atoms with Gasteiger partial charge in [0.25, 0.3) is 0 Å². The van der Waals surface area contributed by atoms with Crippen molar-refractivity contribution in [1.82, 2.24) is 0 Å². The summed E-state index contributed by atoms with van der Waals surface area (Å²) in [6, 6.07) is 38.1. The van der Waals surface area contributed by atoms with Crippen LogP contribution in [0.15, 0.2) is 109 Å². The van der Waals surface area contributed by atoms with Gasteiger partial charge in [0.15, 0.2) is 0 Å². The first-order valence-electron chi connectivity index (χ1n) is 9.98. The lowest BCUT2D eigenvalue weighted by molar-refractivity contribution is -0.136. The zero-order chi connectivity index (χ0) is 20.8. The molecule has 0 bridgehead atoms. The van der Waals surface area contributed by atoms with Gasteiger partial charge in [-0.15, -0.1) is 0 Å². The molecule has 0 saturated heterocycles. The first kappa shape index (κ1) is 20.1. The number of hydrogen-bond donors (Lipinski definition) is 1. The van der Waals surface area contributed by atoms with Gasteiger partial charge in [0.05, 0.1) is 6.42 Å². The summed E-state index contributed by atoms with van der Waals surface area (Å²) in [6.45, 7) is 0. The van der Waals surface area contributed by atoms with E-state index in [0.29, 0.717) is 0 Å². The predicted octanol–water partition coefficient (Wildman–Crippen LogP) is 4.66. The second-order valence-corrected chi connectivity index (χ2v) is 9.46. The zero-order valence-corrected chi connectivity index (χ0v) is 17.5.